The van der Waals surface area contributed by atoms with Crippen molar-refractivity contribution in [2.75, 3.05) is 12.4 Å². The van der Waals surface area contributed by atoms with Crippen LogP contribution in [-0.2, 0) is 4.74 Å². The Hall–Kier alpha value is -3.24. The van der Waals surface area contributed by atoms with Gasteiger partial charge in [-0.3, -0.25) is 0 Å². The maximum atomic E-state index is 11.3. The highest BCUT2D eigenvalue weighted by Gasteiger charge is 2.15. The van der Waals surface area contributed by atoms with Crippen LogP contribution in [0.2, 0.25) is 0 Å². The number of ether oxygens (including phenoxy) is 2. The Balaban J connectivity index is 0.00000208. The molecule has 8 heteroatoms. The highest BCUT2D eigenvalue weighted by Crippen LogP contribution is 2.31. The summed E-state index contributed by atoms with van der Waals surface area (Å²) < 4.78 is 9.60. The van der Waals surface area contributed by atoms with E-state index in [2.05, 4.69) is 30.9 Å². The summed E-state index contributed by atoms with van der Waals surface area (Å²) in [6, 6.07) is 7.31. The minimum absolute atomic E-state index is 0. The van der Waals surface area contributed by atoms with Crippen LogP contribution in [0.4, 0.5) is 16.3 Å². The first-order chi connectivity index (χ1) is 11.2. The lowest BCUT2D eigenvalue weighted by Crippen LogP contribution is -2.07. The van der Waals surface area contributed by atoms with Crippen molar-refractivity contribution in [3.63, 3.8) is 0 Å². The molecule has 1 aromatic carbocycles. The molecule has 122 valence electrons. The van der Waals surface area contributed by atoms with E-state index in [-0.39, 0.29) is 18.2 Å². The molecular weight excluding hydrogens is 332 g/mol. The van der Waals surface area contributed by atoms with Gasteiger partial charge in [-0.05, 0) is 18.2 Å². The molecule has 2 aromatic heterocycles. The first-order valence-corrected chi connectivity index (χ1v) is 6.63. The summed E-state index contributed by atoms with van der Waals surface area (Å²) in [5.74, 6) is 3.31. The fourth-order valence-corrected chi connectivity index (χ4v) is 2.06. The monoisotopic (exact) mass is 344 g/mol. The van der Waals surface area contributed by atoms with Crippen LogP contribution >= 0.6 is 12.4 Å². The molecule has 0 unspecified atom stereocenters. The quantitative estimate of drug-likeness (QED) is 0.560. The van der Waals surface area contributed by atoms with Gasteiger partial charge in [-0.25, -0.2) is 14.8 Å². The largest absolute Gasteiger partial charge is 0.513 e. The third-order valence-electron chi connectivity index (χ3n) is 3.09. The number of nitrogens with zero attached hydrogens (tertiary/aromatic N) is 2. The van der Waals surface area contributed by atoms with Gasteiger partial charge in [-0.2, -0.15) is 0 Å². The number of carbonyl (C=O) groups excluding carboxylic acids is 1. The summed E-state index contributed by atoms with van der Waals surface area (Å²) >= 11 is 0. The minimum Gasteiger partial charge on any atom is -0.437 e. The van der Waals surface area contributed by atoms with E-state index >= 15 is 0 Å². The Bertz CT molecular complexity index is 917. The molecular formula is C16H13ClN4O3. The standard InChI is InChI=1S/C16H12N4O3.ClH/c1-3-10-5-4-6-11(7-10)20-15-13-12(23-16(21)22-2)8-17-14(13)18-9-19-15;/h1,4-9H,2H3,(H2,17,18,19,20);1H. The molecule has 0 saturated carbocycles. The van der Waals surface area contributed by atoms with Crippen molar-refractivity contribution in [2.24, 2.45) is 0 Å². The van der Waals surface area contributed by atoms with Crippen molar-refractivity contribution in [3.05, 3.63) is 42.4 Å². The van der Waals surface area contributed by atoms with Gasteiger partial charge in [0.05, 0.1) is 7.11 Å². The van der Waals surface area contributed by atoms with Gasteiger partial charge < -0.3 is 19.8 Å². The number of nitrogens with one attached hydrogen (secondary N) is 2. The van der Waals surface area contributed by atoms with E-state index in [4.69, 9.17) is 11.2 Å². The number of methoxy groups -OCH3 is 1. The van der Waals surface area contributed by atoms with Crippen LogP contribution < -0.4 is 10.1 Å². The predicted molar refractivity (Wildman–Crippen MR) is 91.8 cm³/mol. The number of benzene rings is 1. The first-order valence-electron chi connectivity index (χ1n) is 6.63. The van der Waals surface area contributed by atoms with Crippen molar-refractivity contribution in [1.29, 1.82) is 0 Å². The molecule has 3 aromatic rings. The van der Waals surface area contributed by atoms with Gasteiger partial charge in [0, 0.05) is 17.4 Å². The van der Waals surface area contributed by atoms with Gasteiger partial charge >= 0.3 is 6.16 Å². The van der Waals surface area contributed by atoms with E-state index in [0.717, 1.165) is 11.3 Å². The highest BCUT2D eigenvalue weighted by molar-refractivity contribution is 5.95. The van der Waals surface area contributed by atoms with Crippen molar-refractivity contribution in [3.8, 4) is 18.1 Å². The van der Waals surface area contributed by atoms with Crippen molar-refractivity contribution < 1.29 is 14.3 Å². The summed E-state index contributed by atoms with van der Waals surface area (Å²) in [5, 5.41) is 3.67. The smallest absolute Gasteiger partial charge is 0.437 e. The molecule has 0 radical (unpaired) electrons. The molecule has 0 saturated heterocycles. The van der Waals surface area contributed by atoms with E-state index in [9.17, 15) is 4.79 Å². The van der Waals surface area contributed by atoms with E-state index in [1.807, 2.05) is 18.2 Å². The molecule has 2 heterocycles. The van der Waals surface area contributed by atoms with Crippen LogP contribution in [0.15, 0.2) is 36.8 Å². The molecule has 0 atom stereocenters. The Morgan fingerprint density at radius 3 is 2.96 bits per heavy atom. The van der Waals surface area contributed by atoms with Crippen molar-refractivity contribution in [2.45, 2.75) is 0 Å². The zero-order chi connectivity index (χ0) is 16.2. The lowest BCUT2D eigenvalue weighted by atomic mass is 10.2. The number of halogens is 1. The third kappa shape index (κ3) is 3.39. The summed E-state index contributed by atoms with van der Waals surface area (Å²) in [7, 11) is 1.23. The summed E-state index contributed by atoms with van der Waals surface area (Å²) in [4.78, 5) is 22.5. The molecule has 0 spiro atoms. The SMILES string of the molecule is C#Cc1cccc(Nc2ncnc3[nH]cc(OC(=O)OC)c23)c1.Cl. The first kappa shape index (κ1) is 17.1. The molecule has 0 aliphatic heterocycles. The topological polar surface area (TPSA) is 89.1 Å². The maximum absolute atomic E-state index is 11.3. The van der Waals surface area contributed by atoms with Crippen molar-refractivity contribution >= 4 is 41.1 Å². The number of carbonyl (C=O) groups is 1. The number of hydrogen-bond donors (Lipinski definition) is 2. The van der Waals surface area contributed by atoms with Crippen molar-refractivity contribution in [1.82, 2.24) is 15.0 Å². The molecule has 0 bridgehead atoms. The van der Waals surface area contributed by atoms with Gasteiger partial charge in [0.25, 0.3) is 0 Å². The van der Waals surface area contributed by atoms with E-state index < -0.39 is 6.16 Å². The summed E-state index contributed by atoms with van der Waals surface area (Å²) in [6.07, 6.45) is 7.49. The molecule has 3 rings (SSSR count). The summed E-state index contributed by atoms with van der Waals surface area (Å²) in [5.41, 5.74) is 2.01. The molecule has 0 fully saturated rings. The zero-order valence-electron chi connectivity index (χ0n) is 12.6. The van der Waals surface area contributed by atoms with Gasteiger partial charge in [-0.15, -0.1) is 18.8 Å². The Labute approximate surface area is 143 Å². The van der Waals surface area contributed by atoms with E-state index in [1.54, 1.807) is 6.07 Å². The van der Waals surface area contributed by atoms with Gasteiger partial charge in [0.15, 0.2) is 5.75 Å². The van der Waals surface area contributed by atoms with E-state index in [0.29, 0.717) is 16.9 Å². The zero-order valence-corrected chi connectivity index (χ0v) is 13.4. The third-order valence-corrected chi connectivity index (χ3v) is 3.09. The number of H-pyrrole nitrogens is 1. The predicted octanol–water partition coefficient (Wildman–Crippen LogP) is 3.25. The van der Waals surface area contributed by atoms with Crippen LogP contribution in [-0.4, -0.2) is 28.2 Å². The number of hydrogen-bond acceptors (Lipinski definition) is 6. The maximum Gasteiger partial charge on any atom is 0.513 e. The van der Waals surface area contributed by atoms with Crippen LogP contribution in [0.25, 0.3) is 11.0 Å². The number of anilines is 2. The van der Waals surface area contributed by atoms with Crippen LogP contribution in [0.3, 0.4) is 0 Å². The molecule has 2 N–H and O–H groups in total. The van der Waals surface area contributed by atoms with Gasteiger partial charge in [0.2, 0.25) is 0 Å². The second-order valence-electron chi connectivity index (χ2n) is 4.51. The average molecular weight is 345 g/mol. The normalized spacial score (nSPS) is 9.67. The van der Waals surface area contributed by atoms with E-state index in [1.165, 1.54) is 19.6 Å². The second kappa shape index (κ2) is 7.35. The number of aromatic amines is 1. The fourth-order valence-electron chi connectivity index (χ4n) is 2.06. The molecule has 0 aliphatic rings. The van der Waals surface area contributed by atoms with Gasteiger partial charge in [0.1, 0.15) is 23.2 Å². The highest BCUT2D eigenvalue weighted by atomic mass is 35.5. The Morgan fingerprint density at radius 2 is 2.21 bits per heavy atom. The second-order valence-corrected chi connectivity index (χ2v) is 4.51. The van der Waals surface area contributed by atoms with Crippen LogP contribution in [0.5, 0.6) is 5.75 Å². The van der Waals surface area contributed by atoms with Crippen LogP contribution in [0, 0.1) is 12.3 Å². The average Bonchev–Trinajstić information content (AvgIpc) is 2.99. The molecule has 24 heavy (non-hydrogen) atoms. The number of aromatic nitrogens is 3. The van der Waals surface area contributed by atoms with Gasteiger partial charge in [-0.1, -0.05) is 12.0 Å². The summed E-state index contributed by atoms with van der Waals surface area (Å²) in [6.45, 7) is 0. The minimum atomic E-state index is -0.824. The Kier molecular flexibility index (Phi) is 5.24. The lowest BCUT2D eigenvalue weighted by molar-refractivity contribution is 0.122. The number of terminal acetylenes is 1. The molecule has 0 amide bonds. The lowest BCUT2D eigenvalue weighted by Gasteiger charge is -2.08. The molecule has 7 nitrogen and oxygen atoms in total. The fraction of sp³-hybridized carbons (Fsp3) is 0.0625. The van der Waals surface area contributed by atoms with Crippen LogP contribution in [0.1, 0.15) is 5.56 Å². The Morgan fingerprint density at radius 1 is 1.38 bits per heavy atom. The molecule has 0 aliphatic carbocycles. The number of rotatable bonds is 3. The number of fused-ring (bicyclic) bond motifs is 1.